The van der Waals surface area contributed by atoms with Gasteiger partial charge in [0.15, 0.2) is 0 Å². The topological polar surface area (TPSA) is 92.4 Å². The van der Waals surface area contributed by atoms with Gasteiger partial charge < -0.3 is 14.9 Å². The number of carboxylic acid groups (broad SMARTS) is 1. The first-order valence-corrected chi connectivity index (χ1v) is 7.01. The molecule has 1 aliphatic rings. The Morgan fingerprint density at radius 2 is 2.25 bits per heavy atom. The third-order valence-electron chi connectivity index (χ3n) is 3.10. The summed E-state index contributed by atoms with van der Waals surface area (Å²) < 4.78 is 4.87. The minimum absolute atomic E-state index is 0.238. The van der Waals surface area contributed by atoms with Gasteiger partial charge in [-0.15, -0.1) is 11.3 Å². The zero-order valence-corrected chi connectivity index (χ0v) is 11.3. The third kappa shape index (κ3) is 2.57. The first-order valence-electron chi connectivity index (χ1n) is 6.19. The van der Waals surface area contributed by atoms with Crippen LogP contribution in [0.1, 0.15) is 49.4 Å². The van der Waals surface area contributed by atoms with E-state index < -0.39 is 5.97 Å². The summed E-state index contributed by atoms with van der Waals surface area (Å²) in [4.78, 5) is 23.9. The summed E-state index contributed by atoms with van der Waals surface area (Å²) in [5.74, 6) is -0.851. The molecule has 2 N–H and O–H groups in total. The van der Waals surface area contributed by atoms with Crippen LogP contribution in [0.25, 0.3) is 0 Å². The van der Waals surface area contributed by atoms with E-state index in [9.17, 15) is 9.59 Å². The van der Waals surface area contributed by atoms with Crippen LogP contribution in [-0.4, -0.2) is 22.1 Å². The van der Waals surface area contributed by atoms with Gasteiger partial charge in [-0.2, -0.15) is 0 Å². The van der Waals surface area contributed by atoms with E-state index >= 15 is 0 Å². The van der Waals surface area contributed by atoms with Crippen LogP contribution in [0, 0.1) is 0 Å². The van der Waals surface area contributed by atoms with Gasteiger partial charge >= 0.3 is 5.97 Å². The van der Waals surface area contributed by atoms with Crippen LogP contribution in [0.2, 0.25) is 0 Å². The predicted molar refractivity (Wildman–Crippen MR) is 70.9 cm³/mol. The molecular formula is C13H12N2O4S. The standard InChI is InChI=1S/C13H12N2O4S/c16-12(9-6-19-15-11(9)7-1-2-7)14-5-8-3-4-10(20-8)13(17)18/h3-4,6-7H,1-2,5H2,(H,14,16)(H,17,18). The van der Waals surface area contributed by atoms with Crippen LogP contribution in [0.4, 0.5) is 0 Å². The van der Waals surface area contributed by atoms with Crippen LogP contribution in [0.5, 0.6) is 0 Å². The normalized spacial score (nSPS) is 14.2. The molecule has 2 heterocycles. The van der Waals surface area contributed by atoms with E-state index in [1.807, 2.05) is 0 Å². The Kier molecular flexibility index (Phi) is 3.27. The van der Waals surface area contributed by atoms with Crippen molar-refractivity contribution < 1.29 is 19.2 Å². The molecule has 0 aromatic carbocycles. The fraction of sp³-hybridized carbons (Fsp3) is 0.308. The molecule has 104 valence electrons. The maximum atomic E-state index is 12.1. The number of aromatic nitrogens is 1. The van der Waals surface area contributed by atoms with Crippen LogP contribution in [0.3, 0.4) is 0 Å². The van der Waals surface area contributed by atoms with Crippen LogP contribution in [-0.2, 0) is 6.54 Å². The van der Waals surface area contributed by atoms with E-state index in [0.717, 1.165) is 34.7 Å². The summed E-state index contributed by atoms with van der Waals surface area (Å²) in [5.41, 5.74) is 1.20. The van der Waals surface area contributed by atoms with Gasteiger partial charge in [-0.05, 0) is 25.0 Å². The molecule has 0 atom stereocenters. The fourth-order valence-corrected chi connectivity index (χ4v) is 2.70. The second-order valence-electron chi connectivity index (χ2n) is 4.64. The lowest BCUT2D eigenvalue weighted by Crippen LogP contribution is -2.22. The summed E-state index contributed by atoms with van der Waals surface area (Å²) >= 11 is 1.15. The highest BCUT2D eigenvalue weighted by Gasteiger charge is 2.31. The van der Waals surface area contributed by atoms with E-state index in [2.05, 4.69) is 10.5 Å². The zero-order chi connectivity index (χ0) is 14.1. The van der Waals surface area contributed by atoms with Crippen LogP contribution >= 0.6 is 11.3 Å². The lowest BCUT2D eigenvalue weighted by Gasteiger charge is -2.02. The Morgan fingerprint density at radius 3 is 2.90 bits per heavy atom. The Hall–Kier alpha value is -2.15. The first kappa shape index (κ1) is 12.9. The number of carbonyl (C=O) groups excluding carboxylic acids is 1. The second kappa shape index (κ2) is 5.09. The zero-order valence-electron chi connectivity index (χ0n) is 10.5. The number of nitrogens with zero attached hydrogens (tertiary/aromatic N) is 1. The highest BCUT2D eigenvalue weighted by atomic mass is 32.1. The smallest absolute Gasteiger partial charge is 0.345 e. The highest BCUT2D eigenvalue weighted by Crippen LogP contribution is 2.40. The monoisotopic (exact) mass is 292 g/mol. The quantitative estimate of drug-likeness (QED) is 0.881. The van der Waals surface area contributed by atoms with E-state index in [1.54, 1.807) is 6.07 Å². The summed E-state index contributed by atoms with van der Waals surface area (Å²) in [6.07, 6.45) is 3.44. The maximum absolute atomic E-state index is 12.1. The molecule has 2 aromatic heterocycles. The number of carboxylic acids is 1. The van der Waals surface area contributed by atoms with E-state index in [-0.39, 0.29) is 10.8 Å². The summed E-state index contributed by atoms with van der Waals surface area (Å²) in [5, 5.41) is 15.5. The van der Waals surface area contributed by atoms with Gasteiger partial charge in [-0.3, -0.25) is 4.79 Å². The summed E-state index contributed by atoms with van der Waals surface area (Å²) in [6, 6.07) is 3.23. The molecule has 0 unspecified atom stereocenters. The van der Waals surface area contributed by atoms with Gasteiger partial charge in [0, 0.05) is 10.8 Å². The average Bonchev–Trinajstić information content (AvgIpc) is 2.98. The molecule has 0 bridgehead atoms. The molecule has 7 heteroatoms. The lowest BCUT2D eigenvalue weighted by atomic mass is 10.1. The molecular weight excluding hydrogens is 280 g/mol. The molecule has 3 rings (SSSR count). The third-order valence-corrected chi connectivity index (χ3v) is 4.18. The van der Waals surface area contributed by atoms with E-state index in [4.69, 9.17) is 9.63 Å². The first-order chi connectivity index (χ1) is 9.65. The number of nitrogens with one attached hydrogen (secondary N) is 1. The molecule has 6 nitrogen and oxygen atoms in total. The Balaban J connectivity index is 1.63. The molecule has 1 fully saturated rings. The number of aromatic carboxylic acids is 1. The van der Waals surface area contributed by atoms with Crippen LogP contribution < -0.4 is 5.32 Å². The molecule has 0 spiro atoms. The van der Waals surface area contributed by atoms with Crippen molar-refractivity contribution in [3.8, 4) is 0 Å². The van der Waals surface area contributed by atoms with Gasteiger partial charge in [-0.1, -0.05) is 5.16 Å². The van der Waals surface area contributed by atoms with Crippen molar-refractivity contribution in [2.45, 2.75) is 25.3 Å². The van der Waals surface area contributed by atoms with Gasteiger partial charge in [-0.25, -0.2) is 4.79 Å². The van der Waals surface area contributed by atoms with Gasteiger partial charge in [0.05, 0.1) is 12.2 Å². The predicted octanol–water partition coefficient (Wildman–Crippen LogP) is 2.24. The van der Waals surface area contributed by atoms with Crippen molar-refractivity contribution in [3.05, 3.63) is 39.4 Å². The van der Waals surface area contributed by atoms with Crippen LogP contribution in [0.15, 0.2) is 22.9 Å². The molecule has 2 aromatic rings. The number of thiophene rings is 1. The summed E-state index contributed by atoms with van der Waals surface area (Å²) in [6.45, 7) is 0.298. The fourth-order valence-electron chi connectivity index (χ4n) is 1.92. The minimum Gasteiger partial charge on any atom is -0.477 e. The number of amides is 1. The van der Waals surface area contributed by atoms with Gasteiger partial charge in [0.1, 0.15) is 16.7 Å². The molecule has 0 saturated heterocycles. The Morgan fingerprint density at radius 1 is 1.45 bits per heavy atom. The number of hydrogen-bond acceptors (Lipinski definition) is 5. The number of rotatable bonds is 5. The van der Waals surface area contributed by atoms with Gasteiger partial charge in [0.25, 0.3) is 5.91 Å². The Bertz CT molecular complexity index is 657. The lowest BCUT2D eigenvalue weighted by molar-refractivity contribution is 0.0702. The molecule has 1 saturated carbocycles. The second-order valence-corrected chi connectivity index (χ2v) is 5.81. The van der Waals surface area contributed by atoms with Crippen molar-refractivity contribution in [1.29, 1.82) is 0 Å². The van der Waals surface area contributed by atoms with Crippen molar-refractivity contribution in [3.63, 3.8) is 0 Å². The molecule has 1 amide bonds. The molecule has 0 aliphatic heterocycles. The van der Waals surface area contributed by atoms with Crippen molar-refractivity contribution in [1.82, 2.24) is 10.5 Å². The largest absolute Gasteiger partial charge is 0.477 e. The number of hydrogen-bond donors (Lipinski definition) is 2. The summed E-state index contributed by atoms with van der Waals surface area (Å²) in [7, 11) is 0. The average molecular weight is 292 g/mol. The van der Waals surface area contributed by atoms with Crippen molar-refractivity contribution in [2.24, 2.45) is 0 Å². The molecule has 20 heavy (non-hydrogen) atoms. The Labute approximate surface area is 118 Å². The number of carbonyl (C=O) groups is 2. The van der Waals surface area contributed by atoms with Gasteiger partial charge in [0.2, 0.25) is 0 Å². The van der Waals surface area contributed by atoms with E-state index in [0.29, 0.717) is 18.0 Å². The highest BCUT2D eigenvalue weighted by molar-refractivity contribution is 7.13. The maximum Gasteiger partial charge on any atom is 0.345 e. The van der Waals surface area contributed by atoms with E-state index in [1.165, 1.54) is 12.3 Å². The molecule has 0 radical (unpaired) electrons. The SMILES string of the molecule is O=C(O)c1ccc(CNC(=O)c2conc2C2CC2)s1. The van der Waals surface area contributed by atoms with Crippen molar-refractivity contribution >= 4 is 23.2 Å². The minimum atomic E-state index is -0.956. The van der Waals surface area contributed by atoms with Crippen molar-refractivity contribution in [2.75, 3.05) is 0 Å². The molecule has 1 aliphatic carbocycles.